The van der Waals surface area contributed by atoms with Gasteiger partial charge in [0.15, 0.2) is 4.96 Å². The van der Waals surface area contributed by atoms with Crippen molar-refractivity contribution in [2.75, 3.05) is 6.61 Å². The number of para-hydroxylation sites is 2. The molecule has 27 heavy (non-hydrogen) atoms. The number of benzene rings is 3. The predicted molar refractivity (Wildman–Crippen MR) is 111 cm³/mol. The first-order valence-corrected chi connectivity index (χ1v) is 9.64. The molecular weight excluding hydrogens is 356 g/mol. The molecule has 0 N–H and O–H groups in total. The van der Waals surface area contributed by atoms with Gasteiger partial charge >= 0.3 is 0 Å². The lowest BCUT2D eigenvalue weighted by Crippen LogP contribution is -2.22. The molecule has 3 aromatic carbocycles. The van der Waals surface area contributed by atoms with E-state index in [-0.39, 0.29) is 5.56 Å². The number of nitrogens with zero attached hydrogens (tertiary/aromatic N) is 2. The lowest BCUT2D eigenvalue weighted by Gasteiger charge is -2.10. The minimum absolute atomic E-state index is 0.0425. The fraction of sp³-hybridized carbons (Fsp3) is 0.0909. The standard InChI is InChI=1S/C22H16N2O2S/c1-2-26-19-12-11-14-7-3-4-8-15(14)16(19)13-20-21(25)24-18-10-6-5-9-17(18)23-22(24)27-20/h3-13H,2H2,1H3. The van der Waals surface area contributed by atoms with E-state index in [2.05, 4.69) is 17.1 Å². The number of fused-ring (bicyclic) bond motifs is 4. The summed E-state index contributed by atoms with van der Waals surface area (Å²) < 4.78 is 8.18. The number of hydrogen-bond acceptors (Lipinski definition) is 4. The van der Waals surface area contributed by atoms with Crippen LogP contribution in [0.2, 0.25) is 0 Å². The van der Waals surface area contributed by atoms with Gasteiger partial charge in [-0.05, 0) is 42.0 Å². The molecule has 0 aliphatic carbocycles. The summed E-state index contributed by atoms with van der Waals surface area (Å²) >= 11 is 1.41. The number of aromatic nitrogens is 2. The summed E-state index contributed by atoms with van der Waals surface area (Å²) in [5.74, 6) is 0.784. The van der Waals surface area contributed by atoms with E-state index in [1.165, 1.54) is 11.3 Å². The highest BCUT2D eigenvalue weighted by atomic mass is 32.1. The Bertz CT molecular complexity index is 1420. The number of imidazole rings is 1. The minimum atomic E-state index is -0.0425. The molecule has 5 rings (SSSR count). The van der Waals surface area contributed by atoms with Crippen LogP contribution in [-0.4, -0.2) is 16.0 Å². The monoisotopic (exact) mass is 372 g/mol. The van der Waals surface area contributed by atoms with Crippen LogP contribution in [0.5, 0.6) is 5.75 Å². The fourth-order valence-corrected chi connectivity index (χ4v) is 4.42. The van der Waals surface area contributed by atoms with E-state index in [1.54, 1.807) is 4.40 Å². The third-order valence-electron chi connectivity index (χ3n) is 4.65. The Morgan fingerprint density at radius 3 is 2.78 bits per heavy atom. The highest BCUT2D eigenvalue weighted by Crippen LogP contribution is 2.29. The van der Waals surface area contributed by atoms with Crippen molar-refractivity contribution < 1.29 is 4.74 Å². The molecule has 0 aliphatic rings. The molecule has 0 atom stereocenters. The maximum atomic E-state index is 13.1. The molecule has 5 heteroatoms. The van der Waals surface area contributed by atoms with Crippen LogP contribution < -0.4 is 14.8 Å². The van der Waals surface area contributed by atoms with Crippen LogP contribution in [0.1, 0.15) is 12.5 Å². The highest BCUT2D eigenvalue weighted by Gasteiger charge is 2.12. The van der Waals surface area contributed by atoms with Crippen molar-refractivity contribution in [3.63, 3.8) is 0 Å². The van der Waals surface area contributed by atoms with Gasteiger partial charge in [0.2, 0.25) is 0 Å². The molecule has 0 radical (unpaired) electrons. The maximum Gasteiger partial charge on any atom is 0.274 e. The molecule has 132 valence electrons. The van der Waals surface area contributed by atoms with Gasteiger partial charge in [-0.2, -0.15) is 0 Å². The van der Waals surface area contributed by atoms with Gasteiger partial charge in [-0.1, -0.05) is 53.8 Å². The molecule has 0 fully saturated rings. The van der Waals surface area contributed by atoms with E-state index in [0.717, 1.165) is 33.1 Å². The zero-order valence-electron chi connectivity index (χ0n) is 14.7. The second-order valence-electron chi connectivity index (χ2n) is 6.27. The van der Waals surface area contributed by atoms with Crippen LogP contribution in [0.15, 0.2) is 65.5 Å². The molecule has 0 aliphatic heterocycles. The summed E-state index contributed by atoms with van der Waals surface area (Å²) in [7, 11) is 0. The smallest absolute Gasteiger partial charge is 0.274 e. The normalized spacial score (nSPS) is 12.4. The topological polar surface area (TPSA) is 43.6 Å². The number of ether oxygens (including phenoxy) is 1. The van der Waals surface area contributed by atoms with Crippen LogP contribution >= 0.6 is 11.3 Å². The Morgan fingerprint density at radius 2 is 1.89 bits per heavy atom. The van der Waals surface area contributed by atoms with Crippen LogP contribution in [-0.2, 0) is 0 Å². The number of rotatable bonds is 3. The first kappa shape index (κ1) is 16.0. The molecule has 5 aromatic rings. The van der Waals surface area contributed by atoms with Gasteiger partial charge in [-0.3, -0.25) is 4.79 Å². The molecule has 0 unspecified atom stereocenters. The van der Waals surface area contributed by atoms with Crippen molar-refractivity contribution in [2.45, 2.75) is 6.92 Å². The molecule has 0 saturated carbocycles. The van der Waals surface area contributed by atoms with Crippen molar-refractivity contribution in [1.82, 2.24) is 9.38 Å². The van der Waals surface area contributed by atoms with Gasteiger partial charge in [0.25, 0.3) is 5.56 Å². The van der Waals surface area contributed by atoms with Crippen molar-refractivity contribution in [3.05, 3.63) is 81.1 Å². The van der Waals surface area contributed by atoms with Crippen molar-refractivity contribution >= 4 is 44.2 Å². The Hall–Kier alpha value is -3.18. The average Bonchev–Trinajstić information content (AvgIpc) is 3.20. The van der Waals surface area contributed by atoms with Crippen molar-refractivity contribution in [3.8, 4) is 5.75 Å². The van der Waals surface area contributed by atoms with E-state index >= 15 is 0 Å². The van der Waals surface area contributed by atoms with E-state index in [4.69, 9.17) is 4.74 Å². The predicted octanol–water partition coefficient (Wildman–Crippen LogP) is 4.01. The first-order valence-electron chi connectivity index (χ1n) is 8.82. The van der Waals surface area contributed by atoms with Gasteiger partial charge in [-0.15, -0.1) is 0 Å². The average molecular weight is 372 g/mol. The van der Waals surface area contributed by atoms with Crippen molar-refractivity contribution in [2.24, 2.45) is 0 Å². The van der Waals surface area contributed by atoms with Crippen LogP contribution in [0.3, 0.4) is 0 Å². The highest BCUT2D eigenvalue weighted by molar-refractivity contribution is 7.15. The molecule has 4 nitrogen and oxygen atoms in total. The molecule has 0 saturated heterocycles. The maximum absolute atomic E-state index is 13.1. The fourth-order valence-electron chi connectivity index (χ4n) is 3.45. The second-order valence-corrected chi connectivity index (χ2v) is 7.27. The van der Waals surface area contributed by atoms with Gasteiger partial charge < -0.3 is 4.74 Å². The summed E-state index contributed by atoms with van der Waals surface area (Å²) in [5, 5.41) is 2.19. The summed E-state index contributed by atoms with van der Waals surface area (Å²) in [4.78, 5) is 18.4. The Balaban J connectivity index is 1.84. The zero-order valence-corrected chi connectivity index (χ0v) is 15.5. The van der Waals surface area contributed by atoms with Gasteiger partial charge in [-0.25, -0.2) is 9.38 Å². The Kier molecular flexibility index (Phi) is 3.69. The van der Waals surface area contributed by atoms with E-state index in [0.29, 0.717) is 16.1 Å². The summed E-state index contributed by atoms with van der Waals surface area (Å²) in [5.41, 5.74) is 2.57. The molecule has 0 amide bonds. The quantitative estimate of drug-likeness (QED) is 0.481. The van der Waals surface area contributed by atoms with Crippen LogP contribution in [0.4, 0.5) is 0 Å². The molecule has 0 spiro atoms. The van der Waals surface area contributed by atoms with Gasteiger partial charge in [0.05, 0.1) is 22.2 Å². The summed E-state index contributed by atoms with van der Waals surface area (Å²) in [6, 6.07) is 19.9. The van der Waals surface area contributed by atoms with Crippen LogP contribution in [0, 0.1) is 0 Å². The number of hydrogen-bond donors (Lipinski definition) is 0. The molecule has 2 aromatic heterocycles. The van der Waals surface area contributed by atoms with E-state index in [9.17, 15) is 4.79 Å². The van der Waals surface area contributed by atoms with Gasteiger partial charge in [0.1, 0.15) is 5.75 Å². The first-order chi connectivity index (χ1) is 13.3. The lowest BCUT2D eigenvalue weighted by molar-refractivity contribution is 0.340. The summed E-state index contributed by atoms with van der Waals surface area (Å²) in [6.07, 6.45) is 1.93. The largest absolute Gasteiger partial charge is 0.493 e. The van der Waals surface area contributed by atoms with Gasteiger partial charge in [0, 0.05) is 5.56 Å². The third kappa shape index (κ3) is 2.51. The summed E-state index contributed by atoms with van der Waals surface area (Å²) in [6.45, 7) is 2.53. The molecule has 2 heterocycles. The number of thiazole rings is 1. The van der Waals surface area contributed by atoms with Crippen LogP contribution in [0.25, 0.3) is 32.8 Å². The van der Waals surface area contributed by atoms with E-state index < -0.39 is 0 Å². The molecule has 0 bridgehead atoms. The SMILES string of the molecule is CCOc1ccc2ccccc2c1C=c1sc2nc3ccccc3n2c1=O. The van der Waals surface area contributed by atoms with Crippen molar-refractivity contribution in [1.29, 1.82) is 0 Å². The third-order valence-corrected chi connectivity index (χ3v) is 5.62. The lowest BCUT2D eigenvalue weighted by atomic mass is 10.0. The Morgan fingerprint density at radius 1 is 1.07 bits per heavy atom. The zero-order chi connectivity index (χ0) is 18.4. The van der Waals surface area contributed by atoms with E-state index in [1.807, 2.05) is 61.5 Å². The second kappa shape index (κ2) is 6.21. The molecular formula is C22H16N2O2S. The Labute approximate surface area is 159 Å². The minimum Gasteiger partial charge on any atom is -0.493 e.